The molecule has 0 aliphatic heterocycles. The average Bonchev–Trinajstić information content (AvgIpc) is 1.38. The number of rotatable bonds is 1. The molecule has 6 heteroatoms. The molecule has 46 valence electrons. The number of hydrogen-bond acceptors (Lipinski definition) is 2. The van der Waals surface area contributed by atoms with Gasteiger partial charge in [-0.15, -0.1) is 0 Å². The average molecular weight is 275 g/mol. The minimum atomic E-state index is -0.881. The Hall–Kier alpha value is 1.32. The van der Waals surface area contributed by atoms with Crippen LogP contribution >= 0.6 is 12.6 Å². The quantitative estimate of drug-likeness (QED) is 0.369. The van der Waals surface area contributed by atoms with Crippen LogP contribution in [0.4, 0.5) is 0 Å². The molecule has 0 heterocycles. The third-order valence-corrected chi connectivity index (χ3v) is 0.406. The Morgan fingerprint density at radius 3 is 1.62 bits per heavy atom. The molecule has 0 atom stereocenters. The predicted molar refractivity (Wildman–Crippen MR) is 21.5 cm³/mol. The predicted octanol–water partition coefficient (Wildman–Crippen LogP) is -5.99. The monoisotopic (exact) mass is 276 g/mol. The van der Waals surface area contributed by atoms with Crippen molar-refractivity contribution in [1.29, 1.82) is 0 Å². The summed E-state index contributed by atoms with van der Waals surface area (Å²) in [6, 6.07) is 0. The van der Waals surface area contributed by atoms with E-state index in [0.29, 0.717) is 0 Å². The van der Waals surface area contributed by atoms with Crippen LogP contribution in [0, 0.1) is 0 Å². The van der Waals surface area contributed by atoms with E-state index in [4.69, 9.17) is 5.11 Å². The van der Waals surface area contributed by atoms with Gasteiger partial charge in [0.25, 0.3) is 0 Å². The molecule has 0 aromatic heterocycles. The van der Waals surface area contributed by atoms with Crippen molar-refractivity contribution in [2.75, 3.05) is 5.75 Å². The van der Waals surface area contributed by atoms with Crippen LogP contribution in [0.25, 0.3) is 0 Å². The number of halogens is 2. The van der Waals surface area contributed by atoms with Crippen LogP contribution in [0.1, 0.15) is 0 Å². The summed E-state index contributed by atoms with van der Waals surface area (Å²) in [4.78, 5) is 9.29. The van der Waals surface area contributed by atoms with E-state index in [1.54, 1.807) is 0 Å². The number of carboxylic acids is 1. The van der Waals surface area contributed by atoms with Crippen LogP contribution in [0.15, 0.2) is 0 Å². The smallest absolute Gasteiger partial charge is 1.00 e. The summed E-state index contributed by atoms with van der Waals surface area (Å²) in [6.07, 6.45) is 0. The van der Waals surface area contributed by atoms with E-state index >= 15 is 0 Å². The summed E-state index contributed by atoms with van der Waals surface area (Å²) >= 11 is 3.42. The zero-order valence-electron chi connectivity index (χ0n) is 3.97. The van der Waals surface area contributed by atoms with Gasteiger partial charge < -0.3 is 29.9 Å². The Morgan fingerprint density at radius 2 is 1.62 bits per heavy atom. The second kappa shape index (κ2) is 15.8. The Labute approximate surface area is 85.8 Å². The van der Waals surface area contributed by atoms with Crippen LogP contribution in [-0.4, -0.2) is 16.8 Å². The number of hydrogen-bond donors (Lipinski definition) is 2. The summed E-state index contributed by atoms with van der Waals surface area (Å²) in [5.74, 6) is -0.965. The van der Waals surface area contributed by atoms with Crippen molar-refractivity contribution in [1.82, 2.24) is 0 Å². The van der Waals surface area contributed by atoms with Gasteiger partial charge in [0, 0.05) is 0 Å². The van der Waals surface area contributed by atoms with Crippen molar-refractivity contribution < 1.29 is 62.0 Å². The van der Waals surface area contributed by atoms with E-state index in [-0.39, 0.29) is 57.9 Å². The summed E-state index contributed by atoms with van der Waals surface area (Å²) in [7, 11) is 0. The Kier molecular flexibility index (Phi) is 44.9. The molecule has 0 rings (SSSR count). The molecule has 0 aliphatic carbocycles. The van der Waals surface area contributed by atoms with E-state index in [9.17, 15) is 4.79 Å². The van der Waals surface area contributed by atoms with Crippen LogP contribution in [-0.2, 0) is 32.1 Å². The molecule has 2 nitrogen and oxygen atoms in total. The van der Waals surface area contributed by atoms with Crippen LogP contribution in [0.5, 0.6) is 0 Å². The fourth-order valence-corrected chi connectivity index (χ4v) is 0. The molecule has 0 aromatic rings. The van der Waals surface area contributed by atoms with Gasteiger partial charge >= 0.3 is 33.3 Å². The third kappa shape index (κ3) is 26.5. The maximum atomic E-state index is 9.29. The fourth-order valence-electron chi connectivity index (χ4n) is 0. The maximum Gasteiger partial charge on any atom is 2.00 e. The van der Waals surface area contributed by atoms with Gasteiger partial charge in [-0.05, 0) is 0 Å². The topological polar surface area (TPSA) is 37.3 Å². The van der Waals surface area contributed by atoms with Gasteiger partial charge in [-0.3, -0.25) is 4.79 Å². The van der Waals surface area contributed by atoms with Gasteiger partial charge in [0.15, 0.2) is 0 Å². The van der Waals surface area contributed by atoms with Gasteiger partial charge in [0.2, 0.25) is 0 Å². The Bertz CT molecular complexity index is 53.3. The number of carbonyl (C=O) groups is 1. The molecular formula is C2H4CdCl2O2S. The first-order chi connectivity index (χ1) is 2.27. The van der Waals surface area contributed by atoms with Gasteiger partial charge in [0.1, 0.15) is 0 Å². The molecule has 0 radical (unpaired) electrons. The summed E-state index contributed by atoms with van der Waals surface area (Å²) < 4.78 is 0. The van der Waals surface area contributed by atoms with Gasteiger partial charge in [0.05, 0.1) is 5.75 Å². The van der Waals surface area contributed by atoms with E-state index < -0.39 is 5.97 Å². The number of aliphatic carboxylic acids is 1. The van der Waals surface area contributed by atoms with Crippen LogP contribution < -0.4 is 24.8 Å². The molecule has 0 unspecified atom stereocenters. The molecule has 1 N–H and O–H groups in total. The molecule has 0 aliphatic rings. The minimum absolute atomic E-state index is 0. The maximum absolute atomic E-state index is 9.29. The Balaban J connectivity index is -0.0000000267. The zero-order valence-corrected chi connectivity index (χ0v) is 10.4. The molecule has 0 amide bonds. The van der Waals surface area contributed by atoms with Crippen LogP contribution in [0.2, 0.25) is 0 Å². The molecule has 0 spiro atoms. The van der Waals surface area contributed by atoms with Gasteiger partial charge in [-0.1, -0.05) is 0 Å². The summed E-state index contributed by atoms with van der Waals surface area (Å²) in [6.45, 7) is 0. The van der Waals surface area contributed by atoms with E-state index in [1.165, 1.54) is 0 Å². The first-order valence-electron chi connectivity index (χ1n) is 1.10. The third-order valence-electron chi connectivity index (χ3n) is 0.135. The summed E-state index contributed by atoms with van der Waals surface area (Å²) in [5.41, 5.74) is 0. The number of carboxylic acid groups (broad SMARTS) is 1. The molecule has 0 saturated carbocycles. The second-order valence-electron chi connectivity index (χ2n) is 0.552. The normalized spacial score (nSPS) is 4.62. The molecule has 0 fully saturated rings. The number of thiol groups is 1. The van der Waals surface area contributed by atoms with Crippen LogP contribution in [0.3, 0.4) is 0 Å². The fraction of sp³-hybridized carbons (Fsp3) is 0.500. The van der Waals surface area contributed by atoms with Crippen molar-refractivity contribution in [2.45, 2.75) is 0 Å². The van der Waals surface area contributed by atoms with Crippen molar-refractivity contribution in [3.63, 3.8) is 0 Å². The summed E-state index contributed by atoms with van der Waals surface area (Å²) in [5, 5.41) is 7.65. The zero-order chi connectivity index (χ0) is 4.28. The van der Waals surface area contributed by atoms with E-state index in [0.717, 1.165) is 0 Å². The van der Waals surface area contributed by atoms with E-state index in [2.05, 4.69) is 12.6 Å². The SMILES string of the molecule is O=C(O)CS.[Cd+2].[Cl-].[Cl-]. The van der Waals surface area contributed by atoms with Gasteiger partial charge in [-0.25, -0.2) is 0 Å². The van der Waals surface area contributed by atoms with Crippen molar-refractivity contribution in [3.8, 4) is 0 Å². The van der Waals surface area contributed by atoms with Crippen molar-refractivity contribution in [2.24, 2.45) is 0 Å². The first-order valence-corrected chi connectivity index (χ1v) is 1.73. The van der Waals surface area contributed by atoms with Gasteiger partial charge in [-0.2, -0.15) is 12.6 Å². The largest absolute Gasteiger partial charge is 2.00 e. The first kappa shape index (κ1) is 22.8. The molecule has 0 bridgehead atoms. The van der Waals surface area contributed by atoms with Crippen molar-refractivity contribution >= 4 is 18.6 Å². The second-order valence-corrected chi connectivity index (χ2v) is 0.868. The molecule has 0 aromatic carbocycles. The minimum Gasteiger partial charge on any atom is -1.00 e. The molecule has 0 saturated heterocycles. The molecular weight excluding hydrogens is 271 g/mol. The van der Waals surface area contributed by atoms with Crippen molar-refractivity contribution in [3.05, 3.63) is 0 Å². The Morgan fingerprint density at radius 1 is 1.50 bits per heavy atom. The van der Waals surface area contributed by atoms with E-state index in [1.807, 2.05) is 0 Å². The molecule has 8 heavy (non-hydrogen) atoms. The standard InChI is InChI=1S/C2H4O2S.Cd.2ClH/c3-2(4)1-5;;;/h5H,1H2,(H,3,4);;2*1H/q;+2;;/p-2.